The SMILES string of the molecule is CCOc1ccccc1C(=O)N/N=C(\C)C(=O)O. The molecule has 1 aromatic carbocycles. The minimum absolute atomic E-state index is 0.197. The molecular formula is C12H14N2O4. The van der Waals surface area contributed by atoms with E-state index in [-0.39, 0.29) is 5.71 Å². The molecule has 0 atom stereocenters. The van der Waals surface area contributed by atoms with Crippen molar-refractivity contribution in [3.8, 4) is 5.75 Å². The van der Waals surface area contributed by atoms with E-state index in [0.717, 1.165) is 0 Å². The van der Waals surface area contributed by atoms with Crippen LogP contribution in [0.4, 0.5) is 0 Å². The van der Waals surface area contributed by atoms with Gasteiger partial charge in [-0.05, 0) is 26.0 Å². The van der Waals surface area contributed by atoms with Crippen molar-refractivity contribution in [2.75, 3.05) is 6.61 Å². The van der Waals surface area contributed by atoms with Crippen molar-refractivity contribution in [2.24, 2.45) is 5.10 Å². The van der Waals surface area contributed by atoms with Crippen LogP contribution in [0.5, 0.6) is 5.75 Å². The van der Waals surface area contributed by atoms with Gasteiger partial charge in [0.05, 0.1) is 12.2 Å². The van der Waals surface area contributed by atoms with Gasteiger partial charge in [0.1, 0.15) is 11.5 Å². The maximum Gasteiger partial charge on any atom is 0.351 e. The number of ether oxygens (including phenoxy) is 1. The Labute approximate surface area is 104 Å². The number of benzene rings is 1. The van der Waals surface area contributed by atoms with Crippen LogP contribution in [0.25, 0.3) is 0 Å². The van der Waals surface area contributed by atoms with Crippen molar-refractivity contribution in [3.05, 3.63) is 29.8 Å². The molecule has 6 heteroatoms. The lowest BCUT2D eigenvalue weighted by Crippen LogP contribution is -2.22. The van der Waals surface area contributed by atoms with Gasteiger partial charge in [-0.1, -0.05) is 12.1 Å². The van der Waals surface area contributed by atoms with Crippen molar-refractivity contribution < 1.29 is 19.4 Å². The monoisotopic (exact) mass is 250 g/mol. The van der Waals surface area contributed by atoms with Gasteiger partial charge in [0.15, 0.2) is 0 Å². The molecule has 0 heterocycles. The number of carboxylic acid groups (broad SMARTS) is 1. The summed E-state index contributed by atoms with van der Waals surface area (Å²) in [5.41, 5.74) is 2.28. The summed E-state index contributed by atoms with van der Waals surface area (Å²) in [5, 5.41) is 12.1. The zero-order chi connectivity index (χ0) is 13.5. The number of nitrogens with one attached hydrogen (secondary N) is 1. The molecule has 0 spiro atoms. The Morgan fingerprint density at radius 2 is 2.06 bits per heavy atom. The van der Waals surface area contributed by atoms with E-state index in [0.29, 0.717) is 17.9 Å². The van der Waals surface area contributed by atoms with Gasteiger partial charge in [0.25, 0.3) is 5.91 Å². The van der Waals surface area contributed by atoms with Gasteiger partial charge in [0, 0.05) is 0 Å². The number of para-hydroxylation sites is 1. The second kappa shape index (κ2) is 6.39. The number of nitrogens with zero attached hydrogens (tertiary/aromatic N) is 1. The second-order valence-electron chi connectivity index (χ2n) is 3.37. The predicted octanol–water partition coefficient (Wildman–Crippen LogP) is 1.28. The molecule has 0 radical (unpaired) electrons. The molecule has 0 saturated carbocycles. The summed E-state index contributed by atoms with van der Waals surface area (Å²) in [5.74, 6) is -1.27. The number of carboxylic acids is 1. The highest BCUT2D eigenvalue weighted by Gasteiger charge is 2.11. The van der Waals surface area contributed by atoms with E-state index in [2.05, 4.69) is 10.5 Å². The number of aliphatic carboxylic acids is 1. The Hall–Kier alpha value is -2.37. The first-order valence-corrected chi connectivity index (χ1v) is 5.36. The molecule has 1 rings (SSSR count). The van der Waals surface area contributed by atoms with Crippen molar-refractivity contribution in [1.82, 2.24) is 5.43 Å². The van der Waals surface area contributed by atoms with Gasteiger partial charge in [-0.25, -0.2) is 10.2 Å². The Kier molecular flexibility index (Phi) is 4.86. The normalized spacial score (nSPS) is 10.9. The van der Waals surface area contributed by atoms with E-state index in [1.807, 2.05) is 0 Å². The average molecular weight is 250 g/mol. The highest BCUT2D eigenvalue weighted by atomic mass is 16.5. The summed E-state index contributed by atoms with van der Waals surface area (Å²) >= 11 is 0. The molecule has 96 valence electrons. The minimum Gasteiger partial charge on any atom is -0.493 e. The van der Waals surface area contributed by atoms with Crippen molar-refractivity contribution in [1.29, 1.82) is 0 Å². The molecule has 0 bridgehead atoms. The van der Waals surface area contributed by atoms with E-state index in [9.17, 15) is 9.59 Å². The first-order chi connectivity index (χ1) is 8.56. The van der Waals surface area contributed by atoms with Gasteiger partial charge in [0.2, 0.25) is 0 Å². The van der Waals surface area contributed by atoms with E-state index >= 15 is 0 Å². The molecule has 18 heavy (non-hydrogen) atoms. The lowest BCUT2D eigenvalue weighted by Gasteiger charge is -2.08. The number of hydrazone groups is 1. The highest BCUT2D eigenvalue weighted by molar-refractivity contribution is 6.34. The largest absolute Gasteiger partial charge is 0.493 e. The molecule has 0 aliphatic carbocycles. The molecule has 0 aliphatic rings. The summed E-state index contributed by atoms with van der Waals surface area (Å²) in [4.78, 5) is 22.3. The van der Waals surface area contributed by atoms with Gasteiger partial charge in [-0.2, -0.15) is 5.10 Å². The first kappa shape index (κ1) is 13.7. The lowest BCUT2D eigenvalue weighted by atomic mass is 10.2. The van der Waals surface area contributed by atoms with Crippen LogP contribution in [-0.2, 0) is 4.79 Å². The van der Waals surface area contributed by atoms with Crippen LogP contribution in [0, 0.1) is 0 Å². The molecule has 1 amide bonds. The number of rotatable bonds is 5. The molecule has 0 aliphatic heterocycles. The standard InChI is InChI=1S/C12H14N2O4/c1-3-18-10-7-5-4-6-9(10)11(15)14-13-8(2)12(16)17/h4-7H,3H2,1-2H3,(H,14,15)(H,16,17)/b13-8+. The predicted molar refractivity (Wildman–Crippen MR) is 65.8 cm³/mol. The van der Waals surface area contributed by atoms with Crippen LogP contribution in [0.2, 0.25) is 0 Å². The maximum absolute atomic E-state index is 11.8. The van der Waals surface area contributed by atoms with E-state index in [1.165, 1.54) is 6.92 Å². The zero-order valence-electron chi connectivity index (χ0n) is 10.1. The van der Waals surface area contributed by atoms with Crippen molar-refractivity contribution >= 4 is 17.6 Å². The number of carbonyl (C=O) groups excluding carboxylic acids is 1. The van der Waals surface area contributed by atoms with Crippen LogP contribution >= 0.6 is 0 Å². The van der Waals surface area contributed by atoms with Crippen LogP contribution in [0.1, 0.15) is 24.2 Å². The Morgan fingerprint density at radius 3 is 2.67 bits per heavy atom. The number of carbonyl (C=O) groups is 2. The fraction of sp³-hybridized carbons (Fsp3) is 0.250. The third kappa shape index (κ3) is 3.58. The summed E-state index contributed by atoms with van der Waals surface area (Å²) in [6, 6.07) is 6.66. The van der Waals surface area contributed by atoms with Crippen molar-refractivity contribution in [2.45, 2.75) is 13.8 Å². The molecule has 2 N–H and O–H groups in total. The molecule has 0 fully saturated rings. The Bertz CT molecular complexity index is 483. The minimum atomic E-state index is -1.19. The summed E-state index contributed by atoms with van der Waals surface area (Å²) < 4.78 is 5.29. The Morgan fingerprint density at radius 1 is 1.39 bits per heavy atom. The fourth-order valence-corrected chi connectivity index (χ4v) is 1.18. The van der Waals surface area contributed by atoms with Crippen molar-refractivity contribution in [3.63, 3.8) is 0 Å². The molecule has 0 saturated heterocycles. The van der Waals surface area contributed by atoms with E-state index in [1.54, 1.807) is 31.2 Å². The fourth-order valence-electron chi connectivity index (χ4n) is 1.18. The average Bonchev–Trinajstić information content (AvgIpc) is 2.36. The first-order valence-electron chi connectivity index (χ1n) is 5.36. The molecule has 0 aromatic heterocycles. The van der Waals surface area contributed by atoms with Gasteiger partial charge < -0.3 is 9.84 Å². The van der Waals surface area contributed by atoms with Gasteiger partial charge in [-0.15, -0.1) is 0 Å². The van der Waals surface area contributed by atoms with Crippen LogP contribution in [0.3, 0.4) is 0 Å². The summed E-state index contributed by atoms with van der Waals surface area (Å²) in [6.07, 6.45) is 0. The highest BCUT2D eigenvalue weighted by Crippen LogP contribution is 2.17. The maximum atomic E-state index is 11.8. The second-order valence-corrected chi connectivity index (χ2v) is 3.37. The van der Waals surface area contributed by atoms with E-state index < -0.39 is 11.9 Å². The third-order valence-corrected chi connectivity index (χ3v) is 2.07. The van der Waals surface area contributed by atoms with Crippen LogP contribution in [0.15, 0.2) is 29.4 Å². The molecule has 6 nitrogen and oxygen atoms in total. The Balaban J connectivity index is 2.84. The lowest BCUT2D eigenvalue weighted by molar-refractivity contribution is -0.129. The van der Waals surface area contributed by atoms with Gasteiger partial charge in [-0.3, -0.25) is 4.79 Å². The zero-order valence-corrected chi connectivity index (χ0v) is 10.1. The number of hydrogen-bond acceptors (Lipinski definition) is 4. The third-order valence-electron chi connectivity index (χ3n) is 2.07. The van der Waals surface area contributed by atoms with Gasteiger partial charge >= 0.3 is 5.97 Å². The smallest absolute Gasteiger partial charge is 0.351 e. The summed E-state index contributed by atoms with van der Waals surface area (Å²) in [7, 11) is 0. The quantitative estimate of drug-likeness (QED) is 0.608. The molecule has 1 aromatic rings. The topological polar surface area (TPSA) is 88.0 Å². The number of amides is 1. The molecule has 0 unspecified atom stereocenters. The van der Waals surface area contributed by atoms with E-state index in [4.69, 9.17) is 9.84 Å². The summed E-state index contributed by atoms with van der Waals surface area (Å²) in [6.45, 7) is 3.53. The number of hydrogen-bond donors (Lipinski definition) is 2. The molecular weight excluding hydrogens is 236 g/mol. The van der Waals surface area contributed by atoms with Crippen LogP contribution < -0.4 is 10.2 Å². The van der Waals surface area contributed by atoms with Crippen LogP contribution in [-0.4, -0.2) is 29.3 Å².